The van der Waals surface area contributed by atoms with Crippen molar-refractivity contribution >= 4 is 28.1 Å². The van der Waals surface area contributed by atoms with E-state index in [1.807, 2.05) is 0 Å². The van der Waals surface area contributed by atoms with Gasteiger partial charge in [0.05, 0.1) is 9.82 Å². The van der Waals surface area contributed by atoms with Crippen LogP contribution in [0, 0.1) is 24.0 Å². The minimum Gasteiger partial charge on any atom is -0.327 e. The number of benzene rings is 1. The number of nitrogens with zero attached hydrogens (tertiary/aromatic N) is 2. The molecule has 1 unspecified atom stereocenters. The number of nitro groups is 1. The fraction of sp³-hybridized carbons (Fsp3) is 0.538. The third kappa shape index (κ3) is 3.57. The van der Waals surface area contributed by atoms with Crippen LogP contribution in [0.25, 0.3) is 0 Å². The number of halogens is 1. The van der Waals surface area contributed by atoms with Crippen LogP contribution in [0.15, 0.2) is 17.0 Å². The van der Waals surface area contributed by atoms with Crippen LogP contribution in [0.3, 0.4) is 0 Å². The summed E-state index contributed by atoms with van der Waals surface area (Å²) in [6.45, 7) is 3.89. The molecule has 2 N–H and O–H groups in total. The summed E-state index contributed by atoms with van der Waals surface area (Å²) in [4.78, 5) is 10.5. The van der Waals surface area contributed by atoms with E-state index >= 15 is 0 Å². The molecule has 2 rings (SSSR count). The summed E-state index contributed by atoms with van der Waals surface area (Å²) in [5.41, 5.74) is 6.53. The molecule has 1 aliphatic heterocycles. The van der Waals surface area contributed by atoms with Gasteiger partial charge in [0.2, 0.25) is 10.0 Å². The highest BCUT2D eigenvalue weighted by Crippen LogP contribution is 2.29. The molecule has 1 saturated heterocycles. The average molecular weight is 350 g/mol. The first-order valence-corrected chi connectivity index (χ1v) is 8.19. The quantitative estimate of drug-likeness (QED) is 0.660. The average Bonchev–Trinajstić information content (AvgIpc) is 2.37. The highest BCUT2D eigenvalue weighted by atomic mass is 35.5. The summed E-state index contributed by atoms with van der Waals surface area (Å²) >= 11 is 0. The van der Waals surface area contributed by atoms with E-state index in [1.54, 1.807) is 13.8 Å². The second-order valence-electron chi connectivity index (χ2n) is 5.43. The molecule has 0 saturated carbocycles. The zero-order valence-electron chi connectivity index (χ0n) is 12.5. The molecular formula is C13H20ClN3O4S. The van der Waals surface area contributed by atoms with Gasteiger partial charge >= 0.3 is 0 Å². The van der Waals surface area contributed by atoms with Gasteiger partial charge in [0.15, 0.2) is 0 Å². The molecule has 1 fully saturated rings. The van der Waals surface area contributed by atoms with Gasteiger partial charge in [-0.05, 0) is 37.8 Å². The lowest BCUT2D eigenvalue weighted by molar-refractivity contribution is -0.385. The van der Waals surface area contributed by atoms with Crippen molar-refractivity contribution in [2.45, 2.75) is 37.6 Å². The Balaban J connectivity index is 0.00000242. The zero-order chi connectivity index (χ0) is 15.8. The summed E-state index contributed by atoms with van der Waals surface area (Å²) in [5.74, 6) is 0. The van der Waals surface area contributed by atoms with Crippen LogP contribution in [-0.2, 0) is 10.0 Å². The van der Waals surface area contributed by atoms with Crippen LogP contribution in [0.5, 0.6) is 0 Å². The van der Waals surface area contributed by atoms with Gasteiger partial charge in [-0.3, -0.25) is 10.1 Å². The second kappa shape index (κ2) is 6.91. The Kier molecular flexibility index (Phi) is 5.91. The van der Waals surface area contributed by atoms with Crippen LogP contribution >= 0.6 is 12.4 Å². The predicted molar refractivity (Wildman–Crippen MR) is 85.8 cm³/mol. The molecule has 1 aliphatic rings. The fourth-order valence-corrected chi connectivity index (χ4v) is 4.71. The van der Waals surface area contributed by atoms with Gasteiger partial charge in [-0.25, -0.2) is 8.42 Å². The molecule has 1 heterocycles. The fourth-order valence-electron chi connectivity index (χ4n) is 2.76. The van der Waals surface area contributed by atoms with Crippen molar-refractivity contribution in [1.29, 1.82) is 0 Å². The van der Waals surface area contributed by atoms with Crippen molar-refractivity contribution < 1.29 is 13.3 Å². The number of piperidine rings is 1. The van der Waals surface area contributed by atoms with Crippen LogP contribution < -0.4 is 5.73 Å². The standard InChI is InChI=1S/C13H19N3O4S.ClH/c1-9-6-12(16(17)18)7-10(2)13(9)21(19,20)15-5-3-4-11(14)8-15;/h6-7,11H,3-5,8,14H2,1-2H3;1H. The molecule has 1 aromatic carbocycles. The van der Waals surface area contributed by atoms with E-state index in [-0.39, 0.29) is 35.6 Å². The van der Waals surface area contributed by atoms with Crippen molar-refractivity contribution in [3.63, 3.8) is 0 Å². The third-order valence-corrected chi connectivity index (χ3v) is 5.85. The van der Waals surface area contributed by atoms with E-state index in [4.69, 9.17) is 5.73 Å². The highest BCUT2D eigenvalue weighted by Gasteiger charge is 2.32. The molecule has 9 heteroatoms. The first kappa shape index (κ1) is 18.8. The molecule has 0 bridgehead atoms. The summed E-state index contributed by atoms with van der Waals surface area (Å²) < 4.78 is 26.9. The van der Waals surface area contributed by atoms with Gasteiger partial charge in [-0.15, -0.1) is 12.4 Å². The summed E-state index contributed by atoms with van der Waals surface area (Å²) in [6.07, 6.45) is 1.54. The predicted octanol–water partition coefficient (Wildman–Crippen LogP) is 1.75. The van der Waals surface area contributed by atoms with Crippen molar-refractivity contribution in [2.24, 2.45) is 5.73 Å². The number of rotatable bonds is 3. The smallest absolute Gasteiger partial charge is 0.270 e. The van der Waals surface area contributed by atoms with Crippen LogP contribution in [0.1, 0.15) is 24.0 Å². The second-order valence-corrected chi connectivity index (χ2v) is 7.31. The minimum atomic E-state index is -3.67. The normalized spacial score (nSPS) is 19.5. The van der Waals surface area contributed by atoms with E-state index in [0.29, 0.717) is 17.7 Å². The summed E-state index contributed by atoms with van der Waals surface area (Å²) in [6, 6.07) is 2.43. The largest absolute Gasteiger partial charge is 0.327 e. The molecule has 7 nitrogen and oxygen atoms in total. The van der Waals surface area contributed by atoms with Crippen molar-refractivity contribution in [3.8, 4) is 0 Å². The number of hydrogen-bond donors (Lipinski definition) is 1. The number of sulfonamides is 1. The molecule has 0 amide bonds. The Morgan fingerprint density at radius 1 is 1.32 bits per heavy atom. The van der Waals surface area contributed by atoms with Crippen LogP contribution in [0.4, 0.5) is 5.69 Å². The highest BCUT2D eigenvalue weighted by molar-refractivity contribution is 7.89. The van der Waals surface area contributed by atoms with Crippen molar-refractivity contribution in [2.75, 3.05) is 13.1 Å². The summed E-state index contributed by atoms with van der Waals surface area (Å²) in [5, 5.41) is 10.8. The van der Waals surface area contributed by atoms with Gasteiger partial charge in [-0.2, -0.15) is 4.31 Å². The third-order valence-electron chi connectivity index (χ3n) is 3.67. The maximum Gasteiger partial charge on any atom is 0.270 e. The SMILES string of the molecule is Cc1cc([N+](=O)[O-])cc(C)c1S(=O)(=O)N1CCCC(N)C1.Cl. The number of non-ortho nitro benzene ring substituents is 1. The zero-order valence-corrected chi connectivity index (χ0v) is 14.1. The van der Waals surface area contributed by atoms with Crippen molar-refractivity contribution in [3.05, 3.63) is 33.4 Å². The van der Waals surface area contributed by atoms with Crippen LogP contribution in [0.2, 0.25) is 0 Å². The number of aryl methyl sites for hydroxylation is 2. The molecule has 0 aliphatic carbocycles. The Morgan fingerprint density at radius 2 is 1.86 bits per heavy atom. The lowest BCUT2D eigenvalue weighted by Crippen LogP contribution is -2.45. The monoisotopic (exact) mass is 349 g/mol. The molecule has 124 valence electrons. The molecule has 0 radical (unpaired) electrons. The lowest BCUT2D eigenvalue weighted by atomic mass is 10.1. The number of hydrogen-bond acceptors (Lipinski definition) is 5. The first-order chi connectivity index (χ1) is 9.73. The van der Waals surface area contributed by atoms with Gasteiger partial charge in [0, 0.05) is 31.3 Å². The van der Waals surface area contributed by atoms with Crippen molar-refractivity contribution in [1.82, 2.24) is 4.31 Å². The van der Waals surface area contributed by atoms with E-state index in [1.165, 1.54) is 16.4 Å². The van der Waals surface area contributed by atoms with E-state index < -0.39 is 14.9 Å². The van der Waals surface area contributed by atoms with E-state index in [9.17, 15) is 18.5 Å². The molecule has 0 spiro atoms. The lowest BCUT2D eigenvalue weighted by Gasteiger charge is -2.30. The maximum absolute atomic E-state index is 12.8. The molecule has 22 heavy (non-hydrogen) atoms. The van der Waals surface area contributed by atoms with Crippen LogP contribution in [-0.4, -0.2) is 36.8 Å². The Bertz CT molecular complexity index is 655. The molecule has 0 aromatic heterocycles. The summed E-state index contributed by atoms with van der Waals surface area (Å²) in [7, 11) is -3.67. The maximum atomic E-state index is 12.8. The Hall–Kier alpha value is -1.22. The van der Waals surface area contributed by atoms with E-state index in [2.05, 4.69) is 0 Å². The first-order valence-electron chi connectivity index (χ1n) is 6.75. The number of nitrogens with two attached hydrogens (primary N) is 1. The van der Waals surface area contributed by atoms with E-state index in [0.717, 1.165) is 12.8 Å². The topological polar surface area (TPSA) is 107 Å². The minimum absolute atomic E-state index is 0. The van der Waals surface area contributed by atoms with Gasteiger partial charge < -0.3 is 5.73 Å². The molecule has 1 atom stereocenters. The van der Waals surface area contributed by atoms with Gasteiger partial charge in [0.1, 0.15) is 0 Å². The Morgan fingerprint density at radius 3 is 2.32 bits per heavy atom. The Labute approximate surface area is 136 Å². The number of nitro benzene ring substituents is 1. The molecular weight excluding hydrogens is 330 g/mol. The van der Waals surface area contributed by atoms with Gasteiger partial charge in [-0.1, -0.05) is 0 Å². The molecule has 1 aromatic rings. The van der Waals surface area contributed by atoms with Gasteiger partial charge in [0.25, 0.3) is 5.69 Å².